The van der Waals surface area contributed by atoms with Gasteiger partial charge in [-0.3, -0.25) is 9.59 Å². The van der Waals surface area contributed by atoms with E-state index in [1.54, 1.807) is 19.1 Å². The topological polar surface area (TPSA) is 54.4 Å². The predicted octanol–water partition coefficient (Wildman–Crippen LogP) is 3.35. The number of benzene rings is 2. The number of carboxylic acids is 1. The molecule has 0 amide bonds. The molecule has 2 aromatic carbocycles. The second kappa shape index (κ2) is 5.48. The molecule has 2 rings (SSSR count). The summed E-state index contributed by atoms with van der Waals surface area (Å²) in [5.41, 5.74) is 3.30. The zero-order valence-electron chi connectivity index (χ0n) is 10.5. The smallest absolute Gasteiger partial charge is 0.310 e. The summed E-state index contributed by atoms with van der Waals surface area (Å²) in [5.74, 6) is -1.37. The zero-order valence-corrected chi connectivity index (χ0v) is 10.5. The fourth-order valence-electron chi connectivity index (χ4n) is 1.88. The van der Waals surface area contributed by atoms with Gasteiger partial charge in [0.2, 0.25) is 0 Å². The first kappa shape index (κ1) is 13.0. The van der Waals surface area contributed by atoms with Gasteiger partial charge in [-0.05, 0) is 23.6 Å². The van der Waals surface area contributed by atoms with Crippen molar-refractivity contribution in [3.05, 3.63) is 59.7 Å². The number of carbonyl (C=O) groups excluding carboxylic acids is 1. The van der Waals surface area contributed by atoms with Crippen LogP contribution >= 0.6 is 0 Å². The van der Waals surface area contributed by atoms with Gasteiger partial charge < -0.3 is 5.11 Å². The van der Waals surface area contributed by atoms with Crippen LogP contribution in [0.3, 0.4) is 0 Å². The van der Waals surface area contributed by atoms with Crippen LogP contribution in [0.4, 0.5) is 0 Å². The molecule has 0 bridgehead atoms. The van der Waals surface area contributed by atoms with Crippen molar-refractivity contribution in [2.24, 2.45) is 0 Å². The first-order valence-electron chi connectivity index (χ1n) is 6.00. The average molecular weight is 254 g/mol. The summed E-state index contributed by atoms with van der Waals surface area (Å²) in [6, 6.07) is 14.6. The van der Waals surface area contributed by atoms with E-state index >= 15 is 0 Å². The average Bonchev–Trinajstić information content (AvgIpc) is 2.46. The number of hydrogen-bond donors (Lipinski definition) is 1. The van der Waals surface area contributed by atoms with E-state index in [1.165, 1.54) is 0 Å². The maximum atomic E-state index is 11.0. The van der Waals surface area contributed by atoms with E-state index in [0.717, 1.165) is 23.0 Å². The quantitative estimate of drug-likeness (QED) is 0.851. The lowest BCUT2D eigenvalue weighted by Crippen LogP contribution is -2.07. The first-order valence-corrected chi connectivity index (χ1v) is 6.00. The van der Waals surface area contributed by atoms with E-state index in [-0.39, 0.29) is 0 Å². The molecule has 2 aromatic rings. The molecule has 1 unspecified atom stereocenters. The molecule has 0 saturated heterocycles. The minimum atomic E-state index is -0.839. The fraction of sp³-hybridized carbons (Fsp3) is 0.125. The number of aldehydes is 1. The molecule has 3 nitrogen and oxygen atoms in total. The van der Waals surface area contributed by atoms with E-state index in [1.807, 2.05) is 36.4 Å². The molecule has 0 aromatic heterocycles. The fourth-order valence-corrected chi connectivity index (χ4v) is 1.88. The molecule has 0 spiro atoms. The molecule has 3 heteroatoms. The van der Waals surface area contributed by atoms with Gasteiger partial charge in [0.15, 0.2) is 0 Å². The van der Waals surface area contributed by atoms with Crippen molar-refractivity contribution < 1.29 is 14.7 Å². The van der Waals surface area contributed by atoms with Crippen LogP contribution in [0, 0.1) is 0 Å². The van der Waals surface area contributed by atoms with Gasteiger partial charge in [0, 0.05) is 5.56 Å². The molecule has 1 N–H and O–H groups in total. The zero-order chi connectivity index (χ0) is 13.8. The van der Waals surface area contributed by atoms with E-state index in [4.69, 9.17) is 5.11 Å². The SMILES string of the molecule is CC(C(=O)O)c1cccc(-c2ccc(C=O)cc2)c1. The Bertz CT molecular complexity index is 600. The molecule has 1 atom stereocenters. The lowest BCUT2D eigenvalue weighted by molar-refractivity contribution is -0.138. The number of hydrogen-bond acceptors (Lipinski definition) is 2. The minimum absolute atomic E-state index is 0.533. The van der Waals surface area contributed by atoms with Gasteiger partial charge >= 0.3 is 5.97 Å². The summed E-state index contributed by atoms with van der Waals surface area (Å²) in [7, 11) is 0. The Hall–Kier alpha value is -2.42. The lowest BCUT2D eigenvalue weighted by atomic mass is 9.96. The van der Waals surface area contributed by atoms with Crippen LogP contribution in [0.1, 0.15) is 28.8 Å². The maximum absolute atomic E-state index is 11.0. The van der Waals surface area contributed by atoms with E-state index in [2.05, 4.69) is 0 Å². The van der Waals surface area contributed by atoms with E-state index in [0.29, 0.717) is 5.56 Å². The predicted molar refractivity (Wildman–Crippen MR) is 73.3 cm³/mol. The highest BCUT2D eigenvalue weighted by atomic mass is 16.4. The summed E-state index contributed by atoms with van der Waals surface area (Å²) < 4.78 is 0. The van der Waals surface area contributed by atoms with Crippen LogP contribution in [-0.2, 0) is 4.79 Å². The first-order chi connectivity index (χ1) is 9.11. The normalized spacial score (nSPS) is 11.8. The monoisotopic (exact) mass is 254 g/mol. The summed E-state index contributed by atoms with van der Waals surface area (Å²) >= 11 is 0. The van der Waals surface area contributed by atoms with Crippen molar-refractivity contribution in [2.45, 2.75) is 12.8 Å². The van der Waals surface area contributed by atoms with E-state index < -0.39 is 11.9 Å². The van der Waals surface area contributed by atoms with Crippen LogP contribution in [-0.4, -0.2) is 17.4 Å². The lowest BCUT2D eigenvalue weighted by Gasteiger charge is -2.09. The van der Waals surface area contributed by atoms with Gasteiger partial charge in [-0.2, -0.15) is 0 Å². The summed E-state index contributed by atoms with van der Waals surface area (Å²) in [6.45, 7) is 1.66. The largest absolute Gasteiger partial charge is 0.481 e. The van der Waals surface area contributed by atoms with Crippen LogP contribution in [0.25, 0.3) is 11.1 Å². The van der Waals surface area contributed by atoms with Gasteiger partial charge in [0.1, 0.15) is 6.29 Å². The highest BCUT2D eigenvalue weighted by Crippen LogP contribution is 2.24. The molecular weight excluding hydrogens is 240 g/mol. The number of rotatable bonds is 4. The molecule has 0 aliphatic rings. The third-order valence-corrected chi connectivity index (χ3v) is 3.14. The van der Waals surface area contributed by atoms with Crippen LogP contribution in [0.2, 0.25) is 0 Å². The third kappa shape index (κ3) is 2.88. The summed E-state index contributed by atoms with van der Waals surface area (Å²) in [4.78, 5) is 21.6. The molecule has 19 heavy (non-hydrogen) atoms. The van der Waals surface area contributed by atoms with Crippen molar-refractivity contribution in [2.75, 3.05) is 0 Å². The van der Waals surface area contributed by atoms with Gasteiger partial charge in [0.25, 0.3) is 0 Å². The highest BCUT2D eigenvalue weighted by Gasteiger charge is 2.13. The van der Waals surface area contributed by atoms with Crippen molar-refractivity contribution in [3.8, 4) is 11.1 Å². The minimum Gasteiger partial charge on any atom is -0.481 e. The highest BCUT2D eigenvalue weighted by molar-refractivity contribution is 5.78. The van der Waals surface area contributed by atoms with Crippen LogP contribution in [0.15, 0.2) is 48.5 Å². The molecule has 0 saturated carbocycles. The summed E-state index contributed by atoms with van der Waals surface area (Å²) in [6.07, 6.45) is 0.798. The van der Waals surface area contributed by atoms with Crippen LogP contribution < -0.4 is 0 Å². The number of carbonyl (C=O) groups is 2. The van der Waals surface area contributed by atoms with E-state index in [9.17, 15) is 9.59 Å². The maximum Gasteiger partial charge on any atom is 0.310 e. The Morgan fingerprint density at radius 2 is 1.79 bits per heavy atom. The van der Waals surface area contributed by atoms with Crippen molar-refractivity contribution in [1.29, 1.82) is 0 Å². The number of carboxylic acid groups (broad SMARTS) is 1. The van der Waals surface area contributed by atoms with Gasteiger partial charge in [0.05, 0.1) is 5.92 Å². The van der Waals surface area contributed by atoms with Crippen molar-refractivity contribution in [1.82, 2.24) is 0 Å². The van der Waals surface area contributed by atoms with Crippen molar-refractivity contribution >= 4 is 12.3 Å². The van der Waals surface area contributed by atoms with Gasteiger partial charge in [-0.15, -0.1) is 0 Å². The molecule has 0 aliphatic heterocycles. The Labute approximate surface area is 111 Å². The van der Waals surface area contributed by atoms with Gasteiger partial charge in [-0.1, -0.05) is 48.5 Å². The Kier molecular flexibility index (Phi) is 3.76. The molecular formula is C16H14O3. The standard InChI is InChI=1S/C16H14O3/c1-11(16(18)19)14-3-2-4-15(9-14)13-7-5-12(10-17)6-8-13/h2-11H,1H3,(H,18,19). The second-order valence-corrected chi connectivity index (χ2v) is 4.43. The Morgan fingerprint density at radius 1 is 1.11 bits per heavy atom. The molecule has 0 aliphatic carbocycles. The summed E-state index contributed by atoms with van der Waals surface area (Å²) in [5, 5.41) is 9.03. The Morgan fingerprint density at radius 3 is 2.37 bits per heavy atom. The third-order valence-electron chi connectivity index (χ3n) is 3.14. The molecule has 0 fully saturated rings. The Balaban J connectivity index is 2.36. The van der Waals surface area contributed by atoms with Crippen LogP contribution in [0.5, 0.6) is 0 Å². The number of aliphatic carboxylic acids is 1. The van der Waals surface area contributed by atoms with Crippen molar-refractivity contribution in [3.63, 3.8) is 0 Å². The molecule has 0 heterocycles. The van der Waals surface area contributed by atoms with Gasteiger partial charge in [-0.25, -0.2) is 0 Å². The molecule has 0 radical (unpaired) electrons. The second-order valence-electron chi connectivity index (χ2n) is 4.43. The molecule has 96 valence electrons.